The van der Waals surface area contributed by atoms with Gasteiger partial charge in [0, 0.05) is 22.6 Å². The Labute approximate surface area is 95.4 Å². The van der Waals surface area contributed by atoms with Crippen molar-refractivity contribution in [2.75, 3.05) is 0 Å². The summed E-state index contributed by atoms with van der Waals surface area (Å²) in [6.45, 7) is 1.86. The summed E-state index contributed by atoms with van der Waals surface area (Å²) >= 11 is 1.90. The van der Waals surface area contributed by atoms with Gasteiger partial charge < -0.3 is 5.73 Å². The van der Waals surface area contributed by atoms with Crippen LogP contribution in [0, 0.1) is 11.8 Å². The molecule has 2 unspecified atom stereocenters. The van der Waals surface area contributed by atoms with E-state index in [1.54, 1.807) is 0 Å². The van der Waals surface area contributed by atoms with Crippen LogP contribution in [0.5, 0.6) is 0 Å². The molecule has 0 saturated carbocycles. The average Bonchev–Trinajstić information content (AvgIpc) is 2.69. The lowest BCUT2D eigenvalue weighted by atomic mass is 10.0. The minimum Gasteiger partial charge on any atom is -0.326 e. The quantitative estimate of drug-likeness (QED) is 0.770. The lowest BCUT2D eigenvalue weighted by Gasteiger charge is -2.14. The highest BCUT2D eigenvalue weighted by molar-refractivity contribution is 8.00. The second-order valence-corrected chi connectivity index (χ2v) is 5.04. The summed E-state index contributed by atoms with van der Waals surface area (Å²) < 4.78 is 0. The SMILES string of the molecule is CC#CCC(N)C1Cc2ccccc2S1. The monoisotopic (exact) mass is 217 g/mol. The standard InChI is InChI=1S/C13H15NS/c1-2-3-7-11(14)13-9-10-6-4-5-8-12(10)15-13/h4-6,8,11,13H,7,9,14H2,1H3. The van der Waals surface area contributed by atoms with Crippen LogP contribution in [0.4, 0.5) is 0 Å². The van der Waals surface area contributed by atoms with Crippen molar-refractivity contribution in [1.29, 1.82) is 0 Å². The molecule has 1 nitrogen and oxygen atoms in total. The molecule has 0 aliphatic carbocycles. The smallest absolute Gasteiger partial charge is 0.0296 e. The molecule has 1 aliphatic rings. The van der Waals surface area contributed by atoms with E-state index < -0.39 is 0 Å². The molecule has 0 spiro atoms. The highest BCUT2D eigenvalue weighted by Crippen LogP contribution is 2.38. The van der Waals surface area contributed by atoms with Crippen LogP contribution < -0.4 is 5.73 Å². The number of nitrogens with two attached hydrogens (primary N) is 1. The van der Waals surface area contributed by atoms with Gasteiger partial charge in [-0.15, -0.1) is 23.6 Å². The molecule has 0 radical (unpaired) electrons. The molecule has 0 bridgehead atoms. The Kier molecular flexibility index (Phi) is 3.35. The summed E-state index contributed by atoms with van der Waals surface area (Å²) in [5.74, 6) is 5.97. The van der Waals surface area contributed by atoms with Gasteiger partial charge in [-0.25, -0.2) is 0 Å². The van der Waals surface area contributed by atoms with Crippen molar-refractivity contribution >= 4 is 11.8 Å². The molecular formula is C13H15NS. The molecule has 78 valence electrons. The van der Waals surface area contributed by atoms with E-state index in [2.05, 4.69) is 36.1 Å². The van der Waals surface area contributed by atoms with E-state index in [0.29, 0.717) is 5.25 Å². The predicted octanol–water partition coefficient (Wildman–Crippen LogP) is 2.44. The fraction of sp³-hybridized carbons (Fsp3) is 0.385. The Balaban J connectivity index is 2.02. The maximum Gasteiger partial charge on any atom is 0.0296 e. The van der Waals surface area contributed by atoms with E-state index in [-0.39, 0.29) is 6.04 Å². The number of rotatable bonds is 2. The van der Waals surface area contributed by atoms with Crippen LogP contribution in [0.15, 0.2) is 29.2 Å². The zero-order valence-electron chi connectivity index (χ0n) is 8.86. The van der Waals surface area contributed by atoms with E-state index >= 15 is 0 Å². The van der Waals surface area contributed by atoms with Gasteiger partial charge >= 0.3 is 0 Å². The number of hydrogen-bond donors (Lipinski definition) is 1. The molecule has 1 aromatic rings. The van der Waals surface area contributed by atoms with Crippen LogP contribution in [-0.2, 0) is 6.42 Å². The maximum absolute atomic E-state index is 6.12. The number of benzene rings is 1. The molecule has 1 aliphatic heterocycles. The van der Waals surface area contributed by atoms with Crippen molar-refractivity contribution < 1.29 is 0 Å². The molecule has 0 fully saturated rings. The first-order valence-corrected chi connectivity index (χ1v) is 6.09. The average molecular weight is 217 g/mol. The molecule has 2 heteroatoms. The van der Waals surface area contributed by atoms with Gasteiger partial charge in [-0.05, 0) is 25.0 Å². The third-order valence-corrected chi connectivity index (χ3v) is 4.14. The third-order valence-electron chi connectivity index (χ3n) is 2.66. The molecule has 15 heavy (non-hydrogen) atoms. The first-order valence-electron chi connectivity index (χ1n) is 5.21. The molecular weight excluding hydrogens is 202 g/mol. The summed E-state index contributed by atoms with van der Waals surface area (Å²) in [5.41, 5.74) is 7.56. The Hall–Kier alpha value is -0.910. The zero-order chi connectivity index (χ0) is 10.7. The summed E-state index contributed by atoms with van der Waals surface area (Å²) in [4.78, 5) is 1.39. The van der Waals surface area contributed by atoms with E-state index in [1.165, 1.54) is 10.5 Å². The summed E-state index contributed by atoms with van der Waals surface area (Å²) in [5, 5.41) is 0.503. The van der Waals surface area contributed by atoms with Crippen molar-refractivity contribution in [3.8, 4) is 11.8 Å². The van der Waals surface area contributed by atoms with Crippen LogP contribution in [0.3, 0.4) is 0 Å². The second kappa shape index (κ2) is 4.74. The fourth-order valence-corrected chi connectivity index (χ4v) is 3.12. The largest absolute Gasteiger partial charge is 0.326 e. The summed E-state index contributed by atoms with van der Waals surface area (Å²) in [6, 6.07) is 8.75. The molecule has 2 rings (SSSR count). The Bertz CT molecular complexity index is 377. The van der Waals surface area contributed by atoms with Crippen LogP contribution in [0.2, 0.25) is 0 Å². The normalized spacial score (nSPS) is 20.3. The lowest BCUT2D eigenvalue weighted by molar-refractivity contribution is 0.652. The molecule has 0 aromatic heterocycles. The Morgan fingerprint density at radius 1 is 1.53 bits per heavy atom. The van der Waals surface area contributed by atoms with Crippen LogP contribution >= 0.6 is 11.8 Å². The molecule has 1 aromatic carbocycles. The van der Waals surface area contributed by atoms with Crippen molar-refractivity contribution in [2.24, 2.45) is 5.73 Å². The molecule has 2 atom stereocenters. The topological polar surface area (TPSA) is 26.0 Å². The number of hydrogen-bond acceptors (Lipinski definition) is 2. The van der Waals surface area contributed by atoms with E-state index in [0.717, 1.165) is 12.8 Å². The first kappa shape index (κ1) is 10.6. The second-order valence-electron chi connectivity index (χ2n) is 3.76. The van der Waals surface area contributed by atoms with Crippen LogP contribution in [-0.4, -0.2) is 11.3 Å². The highest BCUT2D eigenvalue weighted by Gasteiger charge is 2.26. The van der Waals surface area contributed by atoms with Gasteiger partial charge in [-0.2, -0.15) is 0 Å². The molecule has 0 amide bonds. The third kappa shape index (κ3) is 2.37. The van der Waals surface area contributed by atoms with Gasteiger partial charge in [0.25, 0.3) is 0 Å². The number of fused-ring (bicyclic) bond motifs is 1. The minimum atomic E-state index is 0.190. The van der Waals surface area contributed by atoms with Gasteiger partial charge in [0.2, 0.25) is 0 Å². The van der Waals surface area contributed by atoms with Gasteiger partial charge in [-0.1, -0.05) is 18.2 Å². The minimum absolute atomic E-state index is 0.190. The fourth-order valence-electron chi connectivity index (χ4n) is 1.80. The molecule has 1 heterocycles. The summed E-state index contributed by atoms with van der Waals surface area (Å²) in [7, 11) is 0. The lowest BCUT2D eigenvalue weighted by Crippen LogP contribution is -2.31. The van der Waals surface area contributed by atoms with Gasteiger partial charge in [0.15, 0.2) is 0 Å². The van der Waals surface area contributed by atoms with Crippen molar-refractivity contribution in [1.82, 2.24) is 0 Å². The Morgan fingerprint density at radius 3 is 3.07 bits per heavy atom. The van der Waals surface area contributed by atoms with Gasteiger partial charge in [-0.3, -0.25) is 0 Å². The summed E-state index contributed by atoms with van der Waals surface area (Å²) in [6.07, 6.45) is 1.90. The van der Waals surface area contributed by atoms with Crippen molar-refractivity contribution in [2.45, 2.75) is 36.0 Å². The predicted molar refractivity (Wildman–Crippen MR) is 65.8 cm³/mol. The van der Waals surface area contributed by atoms with E-state index in [9.17, 15) is 0 Å². The molecule has 2 N–H and O–H groups in total. The number of thioether (sulfide) groups is 1. The Morgan fingerprint density at radius 2 is 2.33 bits per heavy atom. The van der Waals surface area contributed by atoms with Crippen LogP contribution in [0.25, 0.3) is 0 Å². The molecule has 0 saturated heterocycles. The maximum atomic E-state index is 6.12. The van der Waals surface area contributed by atoms with E-state index in [1.807, 2.05) is 18.7 Å². The van der Waals surface area contributed by atoms with Crippen molar-refractivity contribution in [3.63, 3.8) is 0 Å². The van der Waals surface area contributed by atoms with Crippen LogP contribution in [0.1, 0.15) is 18.9 Å². The van der Waals surface area contributed by atoms with Crippen molar-refractivity contribution in [3.05, 3.63) is 29.8 Å². The first-order chi connectivity index (χ1) is 7.31. The van der Waals surface area contributed by atoms with Gasteiger partial charge in [0.05, 0.1) is 0 Å². The van der Waals surface area contributed by atoms with Gasteiger partial charge in [0.1, 0.15) is 0 Å². The zero-order valence-corrected chi connectivity index (χ0v) is 9.68. The van der Waals surface area contributed by atoms with E-state index in [4.69, 9.17) is 5.73 Å². The highest BCUT2D eigenvalue weighted by atomic mass is 32.2.